The zero-order valence-electron chi connectivity index (χ0n) is 12.7. The van der Waals surface area contributed by atoms with Crippen LogP contribution in [0.5, 0.6) is 5.75 Å². The Bertz CT molecular complexity index is 857. The van der Waals surface area contributed by atoms with Crippen molar-refractivity contribution in [1.29, 1.82) is 0 Å². The molecule has 0 aromatic heterocycles. The first-order chi connectivity index (χ1) is 11.8. The molecule has 2 N–H and O–H groups in total. The van der Waals surface area contributed by atoms with Crippen LogP contribution in [-0.2, 0) is 0 Å². The molecule has 2 aromatic rings. The molecule has 0 radical (unpaired) electrons. The van der Waals surface area contributed by atoms with E-state index in [0.29, 0.717) is 0 Å². The van der Waals surface area contributed by atoms with Crippen molar-refractivity contribution in [1.82, 2.24) is 0 Å². The predicted octanol–water partition coefficient (Wildman–Crippen LogP) is 3.29. The smallest absolute Gasteiger partial charge is 0.323 e. The van der Waals surface area contributed by atoms with Crippen molar-refractivity contribution in [2.24, 2.45) is 0 Å². The Morgan fingerprint density at radius 3 is 2.36 bits per heavy atom. The lowest BCUT2D eigenvalue weighted by atomic mass is 10.2. The van der Waals surface area contributed by atoms with Crippen LogP contribution in [0.25, 0.3) is 0 Å². The molecule has 0 heterocycles. The van der Waals surface area contributed by atoms with Crippen molar-refractivity contribution in [3.63, 3.8) is 0 Å². The Labute approximate surface area is 139 Å². The van der Waals surface area contributed by atoms with Gasteiger partial charge in [0.25, 0.3) is 0 Å². The third kappa shape index (κ3) is 3.96. The van der Waals surface area contributed by atoms with Crippen molar-refractivity contribution in [2.45, 2.75) is 0 Å². The summed E-state index contributed by atoms with van der Waals surface area (Å²) in [5, 5.41) is 26.2. The zero-order valence-corrected chi connectivity index (χ0v) is 12.7. The number of benzene rings is 2. The highest BCUT2D eigenvalue weighted by atomic mass is 19.1. The monoisotopic (exact) mass is 350 g/mol. The van der Waals surface area contributed by atoms with Crippen molar-refractivity contribution in [2.75, 3.05) is 17.7 Å². The molecule has 0 aliphatic carbocycles. The molecule has 2 amide bonds. The summed E-state index contributed by atoms with van der Waals surface area (Å²) in [6, 6.07) is 5.89. The lowest BCUT2D eigenvalue weighted by molar-refractivity contribution is -0.387. The number of para-hydroxylation sites is 1. The first-order valence-corrected chi connectivity index (χ1v) is 6.67. The Hall–Kier alpha value is -3.76. The van der Waals surface area contributed by atoms with Crippen LogP contribution in [0, 0.1) is 26.0 Å². The van der Waals surface area contributed by atoms with Gasteiger partial charge in [0.2, 0.25) is 11.6 Å². The number of carbonyl (C=O) groups is 1. The molecule has 0 bridgehead atoms. The summed E-state index contributed by atoms with van der Waals surface area (Å²) in [5.41, 5.74) is -1.16. The minimum atomic E-state index is -1.05. The minimum absolute atomic E-state index is 0.0193. The molecule has 0 fully saturated rings. The number of carbonyl (C=O) groups excluding carboxylic acids is 1. The van der Waals surface area contributed by atoms with Crippen molar-refractivity contribution >= 4 is 28.8 Å². The molecular weight excluding hydrogens is 339 g/mol. The molecule has 0 atom stereocenters. The maximum absolute atomic E-state index is 13.3. The van der Waals surface area contributed by atoms with Gasteiger partial charge in [-0.2, -0.15) is 4.39 Å². The highest BCUT2D eigenvalue weighted by molar-refractivity contribution is 6.01. The van der Waals surface area contributed by atoms with Crippen LogP contribution in [-0.4, -0.2) is 23.0 Å². The zero-order chi connectivity index (χ0) is 18.6. The van der Waals surface area contributed by atoms with Crippen LogP contribution in [0.2, 0.25) is 0 Å². The number of nitrogens with zero attached hydrogens (tertiary/aromatic N) is 2. The first-order valence-electron chi connectivity index (χ1n) is 6.67. The SMILES string of the molecule is COc1c(NC(=O)Nc2ccc(F)c([N+](=O)[O-])c2)cccc1[N+](=O)[O-]. The van der Waals surface area contributed by atoms with Crippen molar-refractivity contribution in [3.05, 3.63) is 62.4 Å². The van der Waals surface area contributed by atoms with E-state index in [9.17, 15) is 29.4 Å². The van der Waals surface area contributed by atoms with E-state index >= 15 is 0 Å². The van der Waals surface area contributed by atoms with Gasteiger partial charge in [-0.3, -0.25) is 20.2 Å². The second-order valence-electron chi connectivity index (χ2n) is 4.62. The van der Waals surface area contributed by atoms with Crippen LogP contribution < -0.4 is 15.4 Å². The molecule has 0 spiro atoms. The van der Waals surface area contributed by atoms with Gasteiger partial charge in [0, 0.05) is 17.8 Å². The number of nitro groups is 2. The number of anilines is 2. The molecular formula is C14H11FN4O6. The molecule has 0 saturated heterocycles. The molecule has 0 saturated carbocycles. The van der Waals surface area contributed by atoms with E-state index in [4.69, 9.17) is 4.74 Å². The van der Waals surface area contributed by atoms with Gasteiger partial charge in [-0.05, 0) is 18.2 Å². The number of nitrogens with one attached hydrogen (secondary N) is 2. The fourth-order valence-corrected chi connectivity index (χ4v) is 2.00. The van der Waals surface area contributed by atoms with Gasteiger partial charge in [-0.15, -0.1) is 0 Å². The first kappa shape index (κ1) is 17.6. The predicted molar refractivity (Wildman–Crippen MR) is 85.3 cm³/mol. The van der Waals surface area contributed by atoms with Gasteiger partial charge in [0.15, 0.2) is 0 Å². The largest absolute Gasteiger partial charge is 0.489 e. The van der Waals surface area contributed by atoms with Gasteiger partial charge in [0.1, 0.15) is 0 Å². The molecule has 2 rings (SSSR count). The van der Waals surface area contributed by atoms with E-state index in [1.807, 2.05) is 0 Å². The van der Waals surface area contributed by atoms with E-state index in [0.717, 1.165) is 18.2 Å². The van der Waals surface area contributed by atoms with Gasteiger partial charge < -0.3 is 15.4 Å². The Kier molecular flexibility index (Phi) is 5.07. The minimum Gasteiger partial charge on any atom is -0.489 e. The number of hydrogen-bond donors (Lipinski definition) is 2. The maximum atomic E-state index is 13.3. The summed E-state index contributed by atoms with van der Waals surface area (Å²) in [6.45, 7) is 0. The van der Waals surface area contributed by atoms with Gasteiger partial charge in [0.05, 0.1) is 22.6 Å². The molecule has 0 unspecified atom stereocenters. The van der Waals surface area contributed by atoms with Crippen molar-refractivity contribution < 1.29 is 23.8 Å². The molecule has 130 valence electrons. The summed E-state index contributed by atoms with van der Waals surface area (Å²) in [5.74, 6) is -1.20. The van der Waals surface area contributed by atoms with Crippen LogP contribution in [0.15, 0.2) is 36.4 Å². The standard InChI is InChI=1S/C14H11FN4O6/c1-25-13-10(3-2-4-11(13)18(21)22)17-14(20)16-8-5-6-9(15)12(7-8)19(23)24/h2-7H,1H3,(H2,16,17,20). The highest BCUT2D eigenvalue weighted by Crippen LogP contribution is 2.34. The lowest BCUT2D eigenvalue weighted by Gasteiger charge is -2.11. The molecule has 0 aliphatic rings. The number of hydrogen-bond acceptors (Lipinski definition) is 6. The number of urea groups is 1. The third-order valence-electron chi connectivity index (χ3n) is 3.04. The second-order valence-corrected chi connectivity index (χ2v) is 4.62. The third-order valence-corrected chi connectivity index (χ3v) is 3.04. The molecule has 25 heavy (non-hydrogen) atoms. The Morgan fingerprint density at radius 2 is 1.76 bits per heavy atom. The number of amides is 2. The van der Waals surface area contributed by atoms with Crippen LogP contribution in [0.3, 0.4) is 0 Å². The van der Waals surface area contributed by atoms with E-state index in [1.54, 1.807) is 0 Å². The molecule has 10 nitrogen and oxygen atoms in total. The molecule has 11 heteroatoms. The topological polar surface area (TPSA) is 137 Å². The van der Waals surface area contributed by atoms with Crippen molar-refractivity contribution in [3.8, 4) is 5.75 Å². The average Bonchev–Trinajstić information content (AvgIpc) is 2.56. The van der Waals surface area contributed by atoms with Gasteiger partial charge >= 0.3 is 17.4 Å². The van der Waals surface area contributed by atoms with Gasteiger partial charge in [-0.25, -0.2) is 4.79 Å². The van der Waals surface area contributed by atoms with E-state index in [-0.39, 0.29) is 22.8 Å². The second kappa shape index (κ2) is 7.21. The Morgan fingerprint density at radius 1 is 1.08 bits per heavy atom. The number of ether oxygens (including phenoxy) is 1. The summed E-state index contributed by atoms with van der Waals surface area (Å²) < 4.78 is 18.2. The van der Waals surface area contributed by atoms with Crippen LogP contribution >= 0.6 is 0 Å². The fraction of sp³-hybridized carbons (Fsp3) is 0.0714. The highest BCUT2D eigenvalue weighted by Gasteiger charge is 2.20. The van der Waals surface area contributed by atoms with Gasteiger partial charge in [-0.1, -0.05) is 6.07 Å². The average molecular weight is 350 g/mol. The van der Waals surface area contributed by atoms with E-state index < -0.39 is 27.4 Å². The summed E-state index contributed by atoms with van der Waals surface area (Å²) >= 11 is 0. The normalized spacial score (nSPS) is 10.0. The number of rotatable bonds is 5. The van der Waals surface area contributed by atoms with Crippen LogP contribution in [0.1, 0.15) is 0 Å². The maximum Gasteiger partial charge on any atom is 0.323 e. The Balaban J connectivity index is 2.21. The number of methoxy groups -OCH3 is 1. The summed E-state index contributed by atoms with van der Waals surface area (Å²) in [4.78, 5) is 32.0. The summed E-state index contributed by atoms with van der Waals surface area (Å²) in [6.07, 6.45) is 0. The number of nitro benzene ring substituents is 2. The quantitative estimate of drug-likeness (QED) is 0.627. The van der Waals surface area contributed by atoms with E-state index in [2.05, 4.69) is 10.6 Å². The summed E-state index contributed by atoms with van der Waals surface area (Å²) in [7, 11) is 1.20. The lowest BCUT2D eigenvalue weighted by Crippen LogP contribution is -2.20. The van der Waals surface area contributed by atoms with E-state index in [1.165, 1.54) is 25.3 Å². The number of halogens is 1. The molecule has 2 aromatic carbocycles. The van der Waals surface area contributed by atoms with Crippen LogP contribution in [0.4, 0.5) is 31.9 Å². The molecule has 0 aliphatic heterocycles. The fourth-order valence-electron chi connectivity index (χ4n) is 2.00.